The van der Waals surface area contributed by atoms with E-state index >= 15 is 0 Å². The van der Waals surface area contributed by atoms with Crippen molar-refractivity contribution in [1.29, 1.82) is 0 Å². The molecule has 0 rings (SSSR count). The van der Waals surface area contributed by atoms with E-state index in [9.17, 15) is 0 Å². The van der Waals surface area contributed by atoms with Gasteiger partial charge in [-0.3, -0.25) is 0 Å². The van der Waals surface area contributed by atoms with Gasteiger partial charge < -0.3 is 15.0 Å². The number of hydrogen-bond acceptors (Lipinski definition) is 3. The average molecular weight is 202 g/mol. The molecule has 0 fully saturated rings. The highest BCUT2D eigenvalue weighted by Crippen LogP contribution is 2.07. The third kappa shape index (κ3) is 5.58. The minimum atomic E-state index is 0.600. The van der Waals surface area contributed by atoms with Crippen LogP contribution in [-0.2, 0) is 4.74 Å². The van der Waals surface area contributed by atoms with Gasteiger partial charge in [-0.25, -0.2) is 0 Å². The summed E-state index contributed by atoms with van der Waals surface area (Å²) in [6, 6.07) is 0.600. The fraction of sp³-hybridized carbons (Fsp3) is 1.00. The zero-order valence-corrected chi connectivity index (χ0v) is 10.3. The van der Waals surface area contributed by atoms with E-state index in [4.69, 9.17) is 4.74 Å². The van der Waals surface area contributed by atoms with Crippen molar-refractivity contribution in [2.24, 2.45) is 5.92 Å². The third-order valence-corrected chi connectivity index (χ3v) is 2.84. The maximum atomic E-state index is 5.34. The zero-order chi connectivity index (χ0) is 11.0. The molecule has 0 radical (unpaired) electrons. The molecular weight excluding hydrogens is 176 g/mol. The molecule has 0 bridgehead atoms. The lowest BCUT2D eigenvalue weighted by molar-refractivity contribution is 0.0986. The average Bonchev–Trinajstić information content (AvgIpc) is 2.17. The molecule has 0 aliphatic carbocycles. The Labute approximate surface area is 88.8 Å². The quantitative estimate of drug-likeness (QED) is 0.599. The molecule has 0 aliphatic rings. The Morgan fingerprint density at radius 3 is 2.50 bits per heavy atom. The summed E-state index contributed by atoms with van der Waals surface area (Å²) in [5.74, 6) is 0.673. The first-order chi connectivity index (χ1) is 6.63. The molecule has 2 atom stereocenters. The van der Waals surface area contributed by atoms with Crippen LogP contribution in [0.1, 0.15) is 20.8 Å². The minimum Gasteiger partial charge on any atom is -0.380 e. The van der Waals surface area contributed by atoms with Gasteiger partial charge in [0.2, 0.25) is 0 Å². The number of rotatable bonds is 8. The molecule has 3 nitrogen and oxygen atoms in total. The summed E-state index contributed by atoms with van der Waals surface area (Å²) in [5.41, 5.74) is 0. The lowest BCUT2D eigenvalue weighted by atomic mass is 10.0. The molecule has 86 valence electrons. The second-order valence-electron chi connectivity index (χ2n) is 3.95. The largest absolute Gasteiger partial charge is 0.380 e. The summed E-state index contributed by atoms with van der Waals surface area (Å²) in [6.45, 7) is 10.3. The Bertz CT molecular complexity index is 130. The first kappa shape index (κ1) is 13.9. The summed E-state index contributed by atoms with van der Waals surface area (Å²) in [5, 5.41) is 3.21. The Kier molecular flexibility index (Phi) is 8.14. The first-order valence-electron chi connectivity index (χ1n) is 5.56. The van der Waals surface area contributed by atoms with Gasteiger partial charge in [-0.1, -0.05) is 6.92 Å². The third-order valence-electron chi connectivity index (χ3n) is 2.84. The zero-order valence-electron chi connectivity index (χ0n) is 10.3. The molecule has 0 aromatic heterocycles. The van der Waals surface area contributed by atoms with E-state index in [1.54, 1.807) is 0 Å². The van der Waals surface area contributed by atoms with Crippen molar-refractivity contribution in [1.82, 2.24) is 10.2 Å². The van der Waals surface area contributed by atoms with E-state index < -0.39 is 0 Å². The predicted molar refractivity (Wildman–Crippen MR) is 61.7 cm³/mol. The number of likely N-dealkylation sites (N-methyl/N-ethyl adjacent to an activating group) is 1. The number of nitrogens with zero attached hydrogens (tertiary/aromatic N) is 1. The van der Waals surface area contributed by atoms with Gasteiger partial charge in [0.1, 0.15) is 0 Å². The number of ether oxygens (including phenoxy) is 1. The van der Waals surface area contributed by atoms with Gasteiger partial charge in [-0.05, 0) is 40.4 Å². The molecule has 14 heavy (non-hydrogen) atoms. The van der Waals surface area contributed by atoms with Crippen LogP contribution in [0.25, 0.3) is 0 Å². The molecule has 0 spiro atoms. The van der Waals surface area contributed by atoms with Crippen molar-refractivity contribution >= 4 is 0 Å². The van der Waals surface area contributed by atoms with Gasteiger partial charge in [-0.2, -0.15) is 0 Å². The first-order valence-corrected chi connectivity index (χ1v) is 5.56. The molecule has 2 unspecified atom stereocenters. The highest BCUT2D eigenvalue weighted by molar-refractivity contribution is 4.71. The highest BCUT2D eigenvalue weighted by atomic mass is 16.5. The predicted octanol–water partition coefficient (Wildman–Crippen LogP) is 1.20. The van der Waals surface area contributed by atoms with Gasteiger partial charge in [0.25, 0.3) is 0 Å². The topological polar surface area (TPSA) is 24.5 Å². The molecule has 0 aromatic rings. The molecule has 0 amide bonds. The van der Waals surface area contributed by atoms with Gasteiger partial charge in [-0.15, -0.1) is 0 Å². The second-order valence-corrected chi connectivity index (χ2v) is 3.95. The maximum absolute atomic E-state index is 5.34. The van der Waals surface area contributed by atoms with E-state index in [1.165, 1.54) is 0 Å². The molecule has 3 heteroatoms. The molecule has 0 saturated heterocycles. The minimum absolute atomic E-state index is 0.600. The molecule has 0 aromatic carbocycles. The molecule has 1 N–H and O–H groups in total. The van der Waals surface area contributed by atoms with E-state index in [-0.39, 0.29) is 0 Å². The van der Waals surface area contributed by atoms with Gasteiger partial charge in [0.05, 0.1) is 6.61 Å². The van der Waals surface area contributed by atoms with Crippen LogP contribution in [0.4, 0.5) is 0 Å². The summed E-state index contributed by atoms with van der Waals surface area (Å²) < 4.78 is 5.34. The van der Waals surface area contributed by atoms with Crippen LogP contribution >= 0.6 is 0 Å². The monoisotopic (exact) mass is 202 g/mol. The Hall–Kier alpha value is -0.120. The molecule has 0 saturated carbocycles. The molecule has 0 heterocycles. The van der Waals surface area contributed by atoms with E-state index in [0.29, 0.717) is 12.0 Å². The van der Waals surface area contributed by atoms with Gasteiger partial charge in [0.15, 0.2) is 0 Å². The van der Waals surface area contributed by atoms with Crippen LogP contribution in [0.2, 0.25) is 0 Å². The molecular formula is C11H26N2O. The van der Waals surface area contributed by atoms with Crippen molar-refractivity contribution in [3.05, 3.63) is 0 Å². The summed E-state index contributed by atoms with van der Waals surface area (Å²) in [7, 11) is 4.17. The lowest BCUT2D eigenvalue weighted by Crippen LogP contribution is -2.39. The fourth-order valence-electron chi connectivity index (χ4n) is 1.48. The highest BCUT2D eigenvalue weighted by Gasteiger charge is 2.15. The Morgan fingerprint density at radius 1 is 1.36 bits per heavy atom. The normalized spacial score (nSPS) is 15.9. The van der Waals surface area contributed by atoms with Crippen LogP contribution in [0.5, 0.6) is 0 Å². The fourth-order valence-corrected chi connectivity index (χ4v) is 1.48. The van der Waals surface area contributed by atoms with Crippen molar-refractivity contribution in [2.45, 2.75) is 26.8 Å². The number of hydrogen-bond donors (Lipinski definition) is 1. The van der Waals surface area contributed by atoms with Gasteiger partial charge in [0, 0.05) is 19.2 Å². The Balaban J connectivity index is 3.68. The molecule has 0 aliphatic heterocycles. The van der Waals surface area contributed by atoms with Crippen molar-refractivity contribution in [3.8, 4) is 0 Å². The Morgan fingerprint density at radius 2 is 2.00 bits per heavy atom. The smallest absolute Gasteiger partial charge is 0.0593 e. The van der Waals surface area contributed by atoms with E-state index in [1.807, 2.05) is 14.0 Å². The van der Waals surface area contributed by atoms with Crippen LogP contribution in [-0.4, -0.2) is 51.3 Å². The van der Waals surface area contributed by atoms with Crippen LogP contribution in [0.15, 0.2) is 0 Å². The van der Waals surface area contributed by atoms with E-state index in [2.05, 4.69) is 31.1 Å². The SMILES string of the molecule is CCOCCN(C)C(C)C(C)CNC. The van der Waals surface area contributed by atoms with Gasteiger partial charge >= 0.3 is 0 Å². The van der Waals surface area contributed by atoms with Crippen LogP contribution in [0, 0.1) is 5.92 Å². The second kappa shape index (κ2) is 8.21. The lowest BCUT2D eigenvalue weighted by Gasteiger charge is -2.29. The number of nitrogens with one attached hydrogen (secondary N) is 1. The van der Waals surface area contributed by atoms with Crippen molar-refractivity contribution in [2.75, 3.05) is 40.4 Å². The maximum Gasteiger partial charge on any atom is 0.0593 e. The van der Waals surface area contributed by atoms with Crippen molar-refractivity contribution < 1.29 is 4.74 Å². The van der Waals surface area contributed by atoms with E-state index in [0.717, 1.165) is 26.3 Å². The van der Waals surface area contributed by atoms with Crippen LogP contribution in [0.3, 0.4) is 0 Å². The summed E-state index contributed by atoms with van der Waals surface area (Å²) >= 11 is 0. The van der Waals surface area contributed by atoms with Crippen molar-refractivity contribution in [3.63, 3.8) is 0 Å². The standard InChI is InChI=1S/C11H26N2O/c1-6-14-8-7-13(5)11(3)10(2)9-12-4/h10-12H,6-9H2,1-5H3. The summed E-state index contributed by atoms with van der Waals surface area (Å²) in [4.78, 5) is 2.36. The summed E-state index contributed by atoms with van der Waals surface area (Å²) in [6.07, 6.45) is 0. The van der Waals surface area contributed by atoms with Crippen LogP contribution < -0.4 is 5.32 Å².